The van der Waals surface area contributed by atoms with Crippen molar-refractivity contribution in [1.29, 1.82) is 0 Å². The summed E-state index contributed by atoms with van der Waals surface area (Å²) in [7, 11) is -16.4. The number of aliphatic hydroxyl groups is 3. The number of esters is 2. The van der Waals surface area contributed by atoms with Crippen molar-refractivity contribution in [3.63, 3.8) is 0 Å². The van der Waals surface area contributed by atoms with E-state index < -0.39 is 91.3 Å². The van der Waals surface area contributed by atoms with Gasteiger partial charge in [0.05, 0.1) is 6.61 Å². The van der Waals surface area contributed by atoms with Crippen LogP contribution in [0, 0.1) is 0 Å². The van der Waals surface area contributed by atoms with Crippen molar-refractivity contribution in [2.45, 2.75) is 75.8 Å². The van der Waals surface area contributed by atoms with Crippen LogP contribution in [-0.4, -0.2) is 108 Å². The fourth-order valence-corrected chi connectivity index (χ4v) is 5.16. The van der Waals surface area contributed by atoms with E-state index in [9.17, 15) is 43.5 Å². The lowest BCUT2D eigenvalue weighted by atomic mass is 9.85. The molecule has 0 heterocycles. The summed E-state index contributed by atoms with van der Waals surface area (Å²) < 4.78 is 62.6. The summed E-state index contributed by atoms with van der Waals surface area (Å²) in [5.41, 5.74) is 0. The Kier molecular flexibility index (Phi) is 13.6. The summed E-state index contributed by atoms with van der Waals surface area (Å²) >= 11 is 0. The molecular formula is C16H31O19P3. The van der Waals surface area contributed by atoms with Crippen molar-refractivity contribution >= 4 is 35.4 Å². The summed E-state index contributed by atoms with van der Waals surface area (Å²) in [6, 6.07) is 0. The van der Waals surface area contributed by atoms with Gasteiger partial charge in [0.1, 0.15) is 43.2 Å². The summed E-state index contributed by atoms with van der Waals surface area (Å²) in [5.74, 6) is -1.47. The Labute approximate surface area is 215 Å². The Morgan fingerprint density at radius 1 is 0.737 bits per heavy atom. The first-order valence-corrected chi connectivity index (χ1v) is 15.4. The number of carbonyl (C=O) groups is 2. The van der Waals surface area contributed by atoms with Crippen LogP contribution in [0.2, 0.25) is 0 Å². The van der Waals surface area contributed by atoms with E-state index in [0.717, 1.165) is 0 Å². The lowest BCUT2D eigenvalue weighted by molar-refractivity contribution is -0.213. The highest BCUT2D eigenvalue weighted by molar-refractivity contribution is 7.47. The number of phosphoric ester groups is 3. The SMILES string of the molecule is CCCC(=O)O[C@H](COC(=O)CC)COP(=O)(O)O[C@@H]1[C@H](O)[C@H](O)[C@@H](OP(=O)(O)O)[C@H](OP(=O)(O)O)[C@H]1O. The van der Waals surface area contributed by atoms with E-state index in [4.69, 9.17) is 29.0 Å². The maximum atomic E-state index is 12.5. The Balaban J connectivity index is 3.07. The molecule has 0 bridgehead atoms. The minimum Gasteiger partial charge on any atom is -0.462 e. The topological polar surface area (TPSA) is 303 Å². The third kappa shape index (κ3) is 12.1. The van der Waals surface area contributed by atoms with Crippen molar-refractivity contribution in [3.05, 3.63) is 0 Å². The molecule has 1 saturated carbocycles. The minimum atomic E-state index is -5.56. The van der Waals surface area contributed by atoms with Gasteiger partial charge >= 0.3 is 35.4 Å². The standard InChI is InChI=1S/C16H31O19P3/c1-3-5-10(18)32-8(6-30-9(17)4-2)7-31-38(28,29)35-14-11(19)12(20)15(33-36(22,23)24)16(13(14)21)34-37(25,26)27/h8,11-16,19-21H,3-7H2,1-2H3,(H,28,29)(H2,22,23,24)(H2,25,26,27)/t8-,11-,12+,13+,14-,15-,16-/m1/s1. The monoisotopic (exact) mass is 620 g/mol. The van der Waals surface area contributed by atoms with Crippen LogP contribution < -0.4 is 0 Å². The highest BCUT2D eigenvalue weighted by Crippen LogP contribution is 2.51. The Bertz CT molecular complexity index is 931. The van der Waals surface area contributed by atoms with Gasteiger partial charge in [0, 0.05) is 12.8 Å². The Morgan fingerprint density at radius 3 is 1.71 bits per heavy atom. The normalized spacial score (nSPS) is 28.8. The molecule has 1 rings (SSSR count). The Morgan fingerprint density at radius 2 is 1.24 bits per heavy atom. The molecular weight excluding hydrogens is 589 g/mol. The highest BCUT2D eigenvalue weighted by Gasteiger charge is 2.56. The lowest BCUT2D eigenvalue weighted by Gasteiger charge is -2.44. The Hall–Kier alpha value is -0.850. The van der Waals surface area contributed by atoms with E-state index in [1.165, 1.54) is 6.92 Å². The van der Waals surface area contributed by atoms with Crippen molar-refractivity contribution in [1.82, 2.24) is 0 Å². The predicted octanol–water partition coefficient (Wildman–Crippen LogP) is -1.79. The fourth-order valence-electron chi connectivity index (χ4n) is 3.07. The first kappa shape index (κ1) is 35.2. The molecule has 1 fully saturated rings. The molecule has 22 heteroatoms. The van der Waals surface area contributed by atoms with E-state index in [1.54, 1.807) is 6.92 Å². The molecule has 8 N–H and O–H groups in total. The number of carbonyl (C=O) groups excluding carboxylic acids is 2. The third-order valence-corrected chi connectivity index (χ3v) is 6.71. The zero-order valence-corrected chi connectivity index (χ0v) is 22.7. The van der Waals surface area contributed by atoms with Crippen LogP contribution in [0.5, 0.6) is 0 Å². The minimum absolute atomic E-state index is 0.0392. The van der Waals surface area contributed by atoms with Crippen LogP contribution in [0.3, 0.4) is 0 Å². The zero-order chi connectivity index (χ0) is 29.5. The molecule has 0 aromatic carbocycles. The average Bonchev–Trinajstić information content (AvgIpc) is 2.78. The molecule has 0 radical (unpaired) electrons. The number of hydrogen-bond donors (Lipinski definition) is 8. The lowest BCUT2D eigenvalue weighted by Crippen LogP contribution is -2.65. The molecule has 1 unspecified atom stereocenters. The molecule has 224 valence electrons. The van der Waals surface area contributed by atoms with Crippen molar-refractivity contribution < 1.29 is 90.6 Å². The number of hydrogen-bond acceptors (Lipinski definition) is 14. The van der Waals surface area contributed by atoms with E-state index in [0.29, 0.717) is 6.42 Å². The molecule has 38 heavy (non-hydrogen) atoms. The van der Waals surface area contributed by atoms with Crippen LogP contribution in [-0.2, 0) is 50.9 Å². The van der Waals surface area contributed by atoms with Crippen molar-refractivity contribution in [3.8, 4) is 0 Å². The maximum Gasteiger partial charge on any atom is 0.472 e. The second-order valence-corrected chi connectivity index (χ2v) is 11.6. The van der Waals surface area contributed by atoms with Crippen LogP contribution in [0.4, 0.5) is 0 Å². The van der Waals surface area contributed by atoms with E-state index in [-0.39, 0.29) is 12.8 Å². The molecule has 19 nitrogen and oxygen atoms in total. The molecule has 0 saturated heterocycles. The largest absolute Gasteiger partial charge is 0.472 e. The maximum absolute atomic E-state index is 12.5. The number of rotatable bonds is 15. The fraction of sp³-hybridized carbons (Fsp3) is 0.875. The molecule has 0 spiro atoms. The summed E-state index contributed by atoms with van der Waals surface area (Å²) in [4.78, 5) is 69.4. The first-order valence-electron chi connectivity index (χ1n) is 10.8. The van der Waals surface area contributed by atoms with Crippen LogP contribution in [0.1, 0.15) is 33.1 Å². The van der Waals surface area contributed by atoms with Gasteiger partial charge in [0.25, 0.3) is 0 Å². The van der Waals surface area contributed by atoms with Crippen molar-refractivity contribution in [2.24, 2.45) is 0 Å². The smallest absolute Gasteiger partial charge is 0.462 e. The number of aliphatic hydroxyl groups excluding tert-OH is 3. The van der Waals surface area contributed by atoms with Gasteiger partial charge in [-0.2, -0.15) is 0 Å². The summed E-state index contributed by atoms with van der Waals surface area (Å²) in [6.07, 6.45) is -16.0. The molecule has 8 atom stereocenters. The van der Waals surface area contributed by atoms with Gasteiger partial charge in [-0.05, 0) is 6.42 Å². The van der Waals surface area contributed by atoms with Gasteiger partial charge in [-0.3, -0.25) is 27.7 Å². The molecule has 0 amide bonds. The molecule has 1 aliphatic carbocycles. The van der Waals surface area contributed by atoms with Gasteiger partial charge in [0.15, 0.2) is 6.10 Å². The predicted molar refractivity (Wildman–Crippen MR) is 119 cm³/mol. The second kappa shape index (κ2) is 14.7. The van der Waals surface area contributed by atoms with Gasteiger partial charge in [-0.15, -0.1) is 0 Å². The van der Waals surface area contributed by atoms with Crippen LogP contribution in [0.25, 0.3) is 0 Å². The summed E-state index contributed by atoms with van der Waals surface area (Å²) in [5, 5.41) is 30.9. The highest BCUT2D eigenvalue weighted by atomic mass is 31.2. The quantitative estimate of drug-likeness (QED) is 0.0740. The number of ether oxygens (including phenoxy) is 2. The van der Waals surface area contributed by atoms with Gasteiger partial charge < -0.3 is 49.3 Å². The third-order valence-electron chi connectivity index (χ3n) is 4.69. The second-order valence-electron chi connectivity index (χ2n) is 7.83. The molecule has 1 aliphatic rings. The number of phosphoric acid groups is 3. The molecule has 0 aromatic heterocycles. The zero-order valence-electron chi connectivity index (χ0n) is 20.0. The van der Waals surface area contributed by atoms with Crippen LogP contribution >= 0.6 is 23.5 Å². The van der Waals surface area contributed by atoms with Gasteiger partial charge in [-0.1, -0.05) is 13.8 Å². The first-order chi connectivity index (χ1) is 17.3. The van der Waals surface area contributed by atoms with E-state index in [1.807, 2.05) is 0 Å². The summed E-state index contributed by atoms with van der Waals surface area (Å²) in [6.45, 7) is 1.62. The average molecular weight is 620 g/mol. The van der Waals surface area contributed by atoms with Gasteiger partial charge in [-0.25, -0.2) is 13.7 Å². The van der Waals surface area contributed by atoms with E-state index >= 15 is 0 Å². The van der Waals surface area contributed by atoms with Gasteiger partial charge in [0.2, 0.25) is 0 Å². The molecule has 0 aliphatic heterocycles. The van der Waals surface area contributed by atoms with Crippen molar-refractivity contribution in [2.75, 3.05) is 13.2 Å². The molecule has 0 aromatic rings. The van der Waals surface area contributed by atoms with E-state index in [2.05, 4.69) is 18.1 Å². The van der Waals surface area contributed by atoms with Crippen LogP contribution in [0.15, 0.2) is 0 Å².